The van der Waals surface area contributed by atoms with Crippen LogP contribution in [0.4, 0.5) is 4.39 Å². The summed E-state index contributed by atoms with van der Waals surface area (Å²) in [6, 6.07) is 4.02. The summed E-state index contributed by atoms with van der Waals surface area (Å²) in [5.41, 5.74) is 0.756. The summed E-state index contributed by atoms with van der Waals surface area (Å²) in [4.78, 5) is 24.9. The van der Waals surface area contributed by atoms with Crippen molar-refractivity contribution >= 4 is 33.2 Å². The molecule has 0 radical (unpaired) electrons. The molecule has 4 nitrogen and oxygen atoms in total. The molecule has 2 heterocycles. The van der Waals surface area contributed by atoms with Gasteiger partial charge in [-0.25, -0.2) is 4.39 Å². The van der Waals surface area contributed by atoms with E-state index in [-0.39, 0.29) is 17.6 Å². The van der Waals surface area contributed by atoms with Crippen LogP contribution in [0.1, 0.15) is 34.5 Å². The molecule has 2 amide bonds. The van der Waals surface area contributed by atoms with Gasteiger partial charge in [-0.2, -0.15) is 0 Å². The van der Waals surface area contributed by atoms with Crippen LogP contribution in [0.5, 0.6) is 0 Å². The fraction of sp³-hybridized carbons (Fsp3) is 0.375. The van der Waals surface area contributed by atoms with Crippen LogP contribution in [-0.4, -0.2) is 24.4 Å². The lowest BCUT2D eigenvalue weighted by Crippen LogP contribution is -2.45. The summed E-state index contributed by atoms with van der Waals surface area (Å²) < 4.78 is 14.2. The monoisotopic (exact) mass is 320 g/mol. The number of aryl methyl sites for hydroxylation is 1. The Morgan fingerprint density at radius 3 is 3.05 bits per heavy atom. The summed E-state index contributed by atoms with van der Waals surface area (Å²) in [6.45, 7) is 2.47. The van der Waals surface area contributed by atoms with Crippen molar-refractivity contribution in [2.45, 2.75) is 32.2 Å². The molecule has 1 atom stereocenters. The number of nitrogens with one attached hydrogen (secondary N) is 2. The average molecular weight is 320 g/mol. The molecular formula is C16H17FN2O2S. The second-order valence-electron chi connectivity index (χ2n) is 5.51. The van der Waals surface area contributed by atoms with E-state index in [2.05, 4.69) is 10.6 Å². The Bertz CT molecular complexity index is 741. The number of fused-ring (bicyclic) bond motifs is 1. The first-order chi connectivity index (χ1) is 10.6. The van der Waals surface area contributed by atoms with Crippen molar-refractivity contribution in [3.05, 3.63) is 34.5 Å². The van der Waals surface area contributed by atoms with Crippen LogP contribution in [-0.2, 0) is 4.79 Å². The van der Waals surface area contributed by atoms with E-state index in [9.17, 15) is 14.0 Å². The van der Waals surface area contributed by atoms with Crippen molar-refractivity contribution in [3.8, 4) is 0 Å². The summed E-state index contributed by atoms with van der Waals surface area (Å²) >= 11 is 1.33. The van der Waals surface area contributed by atoms with E-state index >= 15 is 0 Å². The number of hydrogen-bond donors (Lipinski definition) is 2. The Labute approximate surface area is 131 Å². The van der Waals surface area contributed by atoms with Gasteiger partial charge in [-0.05, 0) is 55.3 Å². The van der Waals surface area contributed by atoms with Crippen molar-refractivity contribution in [1.82, 2.24) is 10.6 Å². The SMILES string of the molecule is Cc1c(C(=O)N[C@H]2CCCCNC2=O)sc2ccc(F)cc12. The quantitative estimate of drug-likeness (QED) is 0.894. The van der Waals surface area contributed by atoms with Gasteiger partial charge in [0.2, 0.25) is 5.91 Å². The Morgan fingerprint density at radius 1 is 1.41 bits per heavy atom. The minimum Gasteiger partial charge on any atom is -0.354 e. The fourth-order valence-corrected chi connectivity index (χ4v) is 3.80. The average Bonchev–Trinajstić information content (AvgIpc) is 2.68. The number of benzene rings is 1. The van der Waals surface area contributed by atoms with Gasteiger partial charge < -0.3 is 10.6 Å². The lowest BCUT2D eigenvalue weighted by Gasteiger charge is -2.14. The normalized spacial score (nSPS) is 18.8. The first-order valence-electron chi connectivity index (χ1n) is 7.33. The number of carbonyl (C=O) groups excluding carboxylic acids is 2. The van der Waals surface area contributed by atoms with Crippen LogP contribution in [0.2, 0.25) is 0 Å². The maximum atomic E-state index is 13.3. The van der Waals surface area contributed by atoms with Crippen LogP contribution in [0.15, 0.2) is 18.2 Å². The number of carbonyl (C=O) groups is 2. The van der Waals surface area contributed by atoms with Crippen molar-refractivity contribution in [2.75, 3.05) is 6.54 Å². The maximum absolute atomic E-state index is 13.3. The van der Waals surface area contributed by atoms with Gasteiger partial charge in [0.15, 0.2) is 0 Å². The fourth-order valence-electron chi connectivity index (χ4n) is 2.71. The second-order valence-corrected chi connectivity index (χ2v) is 6.56. The van der Waals surface area contributed by atoms with E-state index in [4.69, 9.17) is 0 Å². The molecular weight excluding hydrogens is 303 g/mol. The summed E-state index contributed by atoms with van der Waals surface area (Å²) in [6.07, 6.45) is 2.48. The Balaban J connectivity index is 1.85. The highest BCUT2D eigenvalue weighted by Crippen LogP contribution is 2.31. The predicted molar refractivity (Wildman–Crippen MR) is 84.6 cm³/mol. The number of amides is 2. The third-order valence-corrected chi connectivity index (χ3v) is 5.22. The number of hydrogen-bond acceptors (Lipinski definition) is 3. The molecule has 0 bridgehead atoms. The molecule has 1 aromatic heterocycles. The summed E-state index contributed by atoms with van der Waals surface area (Å²) in [5, 5.41) is 6.36. The van der Waals surface area contributed by atoms with E-state index in [1.807, 2.05) is 0 Å². The smallest absolute Gasteiger partial charge is 0.262 e. The number of halogens is 1. The largest absolute Gasteiger partial charge is 0.354 e. The summed E-state index contributed by atoms with van der Waals surface area (Å²) in [7, 11) is 0. The molecule has 6 heteroatoms. The van der Waals surface area contributed by atoms with Gasteiger partial charge in [-0.3, -0.25) is 9.59 Å². The van der Waals surface area contributed by atoms with Crippen molar-refractivity contribution in [2.24, 2.45) is 0 Å². The first-order valence-corrected chi connectivity index (χ1v) is 8.15. The van der Waals surface area contributed by atoms with E-state index in [1.54, 1.807) is 13.0 Å². The van der Waals surface area contributed by atoms with Crippen LogP contribution < -0.4 is 10.6 Å². The van der Waals surface area contributed by atoms with Crippen molar-refractivity contribution in [3.63, 3.8) is 0 Å². The molecule has 0 unspecified atom stereocenters. The molecule has 0 aliphatic carbocycles. The predicted octanol–water partition coefficient (Wildman–Crippen LogP) is 2.75. The zero-order valence-corrected chi connectivity index (χ0v) is 13.1. The molecule has 1 aliphatic rings. The van der Waals surface area contributed by atoms with Gasteiger partial charge in [0.05, 0.1) is 4.88 Å². The van der Waals surface area contributed by atoms with Crippen LogP contribution in [0.3, 0.4) is 0 Å². The van der Waals surface area contributed by atoms with Crippen LogP contribution >= 0.6 is 11.3 Å². The first kappa shape index (κ1) is 15.0. The van der Waals surface area contributed by atoms with E-state index in [0.717, 1.165) is 28.5 Å². The molecule has 0 spiro atoms. The highest BCUT2D eigenvalue weighted by molar-refractivity contribution is 7.21. The topological polar surface area (TPSA) is 58.2 Å². The number of rotatable bonds is 2. The standard InChI is InChI=1S/C16H17FN2O2S/c1-9-11-8-10(17)5-6-13(11)22-14(9)16(21)19-12-4-2-3-7-18-15(12)20/h5-6,8,12H,2-4,7H2,1H3,(H,18,20)(H,19,21)/t12-/m0/s1. The third kappa shape index (κ3) is 2.83. The lowest BCUT2D eigenvalue weighted by atomic mass is 10.1. The summed E-state index contributed by atoms with van der Waals surface area (Å²) in [5.74, 6) is -0.708. The minimum atomic E-state index is -0.489. The highest BCUT2D eigenvalue weighted by atomic mass is 32.1. The lowest BCUT2D eigenvalue weighted by molar-refractivity contribution is -0.122. The zero-order valence-electron chi connectivity index (χ0n) is 12.2. The van der Waals surface area contributed by atoms with Gasteiger partial charge >= 0.3 is 0 Å². The van der Waals surface area contributed by atoms with E-state index < -0.39 is 6.04 Å². The van der Waals surface area contributed by atoms with Crippen LogP contribution in [0, 0.1) is 12.7 Å². The van der Waals surface area contributed by atoms with Gasteiger partial charge in [0.1, 0.15) is 11.9 Å². The molecule has 1 fully saturated rings. The molecule has 3 rings (SSSR count). The molecule has 1 saturated heterocycles. The number of thiophene rings is 1. The molecule has 22 heavy (non-hydrogen) atoms. The zero-order chi connectivity index (χ0) is 15.7. The third-order valence-electron chi connectivity index (χ3n) is 3.95. The molecule has 2 aromatic rings. The molecule has 2 N–H and O–H groups in total. The molecule has 116 valence electrons. The molecule has 1 aliphatic heterocycles. The molecule has 1 aromatic carbocycles. The van der Waals surface area contributed by atoms with Gasteiger partial charge in [-0.1, -0.05) is 0 Å². The van der Waals surface area contributed by atoms with Gasteiger partial charge in [-0.15, -0.1) is 11.3 Å². The van der Waals surface area contributed by atoms with Crippen LogP contribution in [0.25, 0.3) is 10.1 Å². The van der Waals surface area contributed by atoms with Crippen molar-refractivity contribution < 1.29 is 14.0 Å². The maximum Gasteiger partial charge on any atom is 0.262 e. The second kappa shape index (κ2) is 6.04. The Morgan fingerprint density at radius 2 is 2.23 bits per heavy atom. The highest BCUT2D eigenvalue weighted by Gasteiger charge is 2.24. The van der Waals surface area contributed by atoms with Crippen molar-refractivity contribution in [1.29, 1.82) is 0 Å². The minimum absolute atomic E-state index is 0.129. The van der Waals surface area contributed by atoms with E-state index in [1.165, 1.54) is 23.5 Å². The Hall–Kier alpha value is -1.95. The van der Waals surface area contributed by atoms with Gasteiger partial charge in [0.25, 0.3) is 5.91 Å². The van der Waals surface area contributed by atoms with E-state index in [0.29, 0.717) is 17.8 Å². The van der Waals surface area contributed by atoms with Gasteiger partial charge in [0, 0.05) is 11.2 Å². The molecule has 0 saturated carbocycles. The Kier molecular flexibility index (Phi) is 4.11.